The van der Waals surface area contributed by atoms with E-state index < -0.39 is 0 Å². The normalized spacial score (nSPS) is 18.4. The quantitative estimate of drug-likeness (QED) is 0.799. The molecule has 0 aliphatic carbocycles. The van der Waals surface area contributed by atoms with Gasteiger partial charge in [0.2, 0.25) is 0 Å². The first-order valence-corrected chi connectivity index (χ1v) is 6.38. The lowest BCUT2D eigenvalue weighted by Crippen LogP contribution is -2.15. The van der Waals surface area contributed by atoms with Crippen molar-refractivity contribution in [3.05, 3.63) is 35.6 Å². The minimum absolute atomic E-state index is 0.103. The molecule has 94 valence electrons. The summed E-state index contributed by atoms with van der Waals surface area (Å²) in [6, 6.07) is 6.46. The van der Waals surface area contributed by atoms with Crippen LogP contribution in [0.15, 0.2) is 24.3 Å². The number of alkyl halides is 1. The Labute approximate surface area is 110 Å². The first-order chi connectivity index (χ1) is 8.63. The van der Waals surface area contributed by atoms with Gasteiger partial charge in [-0.2, -0.15) is 0 Å². The van der Waals surface area contributed by atoms with Crippen LogP contribution in [0.2, 0.25) is 0 Å². The smallest absolute Gasteiger partial charge is 0.131 e. The summed E-state index contributed by atoms with van der Waals surface area (Å²) in [7, 11) is 1.93. The van der Waals surface area contributed by atoms with E-state index in [4.69, 9.17) is 11.6 Å². The van der Waals surface area contributed by atoms with Crippen LogP contribution < -0.4 is 4.90 Å². The number of anilines is 1. The largest absolute Gasteiger partial charge is 0.507 e. The van der Waals surface area contributed by atoms with E-state index in [1.54, 1.807) is 18.2 Å². The van der Waals surface area contributed by atoms with Crippen molar-refractivity contribution in [3.63, 3.8) is 0 Å². The van der Waals surface area contributed by atoms with Gasteiger partial charge >= 0.3 is 0 Å². The average molecular weight is 266 g/mol. The number of nitrogens with zero attached hydrogens (tertiary/aromatic N) is 1. The minimum Gasteiger partial charge on any atom is -0.507 e. The van der Waals surface area contributed by atoms with Crippen molar-refractivity contribution in [2.75, 3.05) is 24.4 Å². The van der Waals surface area contributed by atoms with Gasteiger partial charge in [-0.3, -0.25) is 0 Å². The summed E-state index contributed by atoms with van der Waals surface area (Å²) in [5, 5.41) is 11.1. The summed E-state index contributed by atoms with van der Waals surface area (Å²) >= 11 is 5.98. The third kappa shape index (κ3) is 1.47. The number of aromatic hydroxyl groups is 1. The highest BCUT2D eigenvalue weighted by Crippen LogP contribution is 2.45. The van der Waals surface area contributed by atoms with E-state index in [0.29, 0.717) is 16.7 Å². The number of phenolic OH excluding ortho intramolecular Hbond substituents is 1. The van der Waals surface area contributed by atoms with Gasteiger partial charge in [-0.15, -0.1) is 11.6 Å². The molecular formula is C14H13ClFNO. The monoisotopic (exact) mass is 265 g/mol. The van der Waals surface area contributed by atoms with Gasteiger partial charge in [0, 0.05) is 47.9 Å². The minimum atomic E-state index is -0.301. The van der Waals surface area contributed by atoms with Crippen LogP contribution in [-0.2, 0) is 0 Å². The van der Waals surface area contributed by atoms with Gasteiger partial charge in [-0.05, 0) is 11.6 Å². The fourth-order valence-corrected chi connectivity index (χ4v) is 3.05. The second kappa shape index (κ2) is 4.02. The molecule has 0 saturated heterocycles. The maximum Gasteiger partial charge on any atom is 0.131 e. The van der Waals surface area contributed by atoms with E-state index in [9.17, 15) is 9.50 Å². The predicted octanol–water partition coefficient (Wildman–Crippen LogP) is 3.46. The van der Waals surface area contributed by atoms with Crippen molar-refractivity contribution in [1.29, 1.82) is 0 Å². The third-order valence-electron chi connectivity index (χ3n) is 3.61. The highest BCUT2D eigenvalue weighted by molar-refractivity contribution is 6.18. The molecule has 0 spiro atoms. The van der Waals surface area contributed by atoms with Crippen molar-refractivity contribution in [2.45, 2.75) is 5.92 Å². The van der Waals surface area contributed by atoms with Crippen LogP contribution in [0, 0.1) is 5.82 Å². The maximum absolute atomic E-state index is 14.1. The molecule has 2 aromatic rings. The van der Waals surface area contributed by atoms with Crippen molar-refractivity contribution < 1.29 is 9.50 Å². The zero-order valence-corrected chi connectivity index (χ0v) is 10.7. The molecule has 0 bridgehead atoms. The molecule has 2 nitrogen and oxygen atoms in total. The molecule has 1 aliphatic rings. The molecule has 1 N–H and O–H groups in total. The second-order valence-corrected chi connectivity index (χ2v) is 5.03. The molecule has 1 heterocycles. The van der Waals surface area contributed by atoms with Gasteiger partial charge in [0.1, 0.15) is 11.6 Å². The number of hydrogen-bond acceptors (Lipinski definition) is 2. The van der Waals surface area contributed by atoms with Crippen LogP contribution in [-0.4, -0.2) is 24.6 Å². The second-order valence-electron chi connectivity index (χ2n) is 4.72. The summed E-state index contributed by atoms with van der Waals surface area (Å²) in [6.45, 7) is 0.756. The highest BCUT2D eigenvalue weighted by Gasteiger charge is 2.30. The van der Waals surface area contributed by atoms with Crippen molar-refractivity contribution in [2.24, 2.45) is 0 Å². The number of hydrogen-bond donors (Lipinski definition) is 1. The average Bonchev–Trinajstić information content (AvgIpc) is 2.67. The van der Waals surface area contributed by atoms with Crippen LogP contribution in [0.25, 0.3) is 10.8 Å². The van der Waals surface area contributed by atoms with Crippen molar-refractivity contribution in [3.8, 4) is 5.75 Å². The maximum atomic E-state index is 14.1. The van der Waals surface area contributed by atoms with E-state index in [0.717, 1.165) is 17.8 Å². The van der Waals surface area contributed by atoms with Crippen LogP contribution in [0.1, 0.15) is 11.5 Å². The summed E-state index contributed by atoms with van der Waals surface area (Å²) in [5.74, 6) is 0.369. The number of halogens is 2. The number of likely N-dealkylation sites (N-methyl/N-ethyl adjacent to an activating group) is 1. The number of fused-ring (bicyclic) bond motifs is 3. The third-order valence-corrected chi connectivity index (χ3v) is 3.98. The first-order valence-electron chi connectivity index (χ1n) is 5.84. The molecular weight excluding hydrogens is 253 g/mol. The molecule has 1 atom stereocenters. The Morgan fingerprint density at radius 3 is 3.00 bits per heavy atom. The lowest BCUT2D eigenvalue weighted by molar-refractivity contribution is 0.481. The Bertz CT molecular complexity index is 629. The van der Waals surface area contributed by atoms with Crippen LogP contribution in [0.3, 0.4) is 0 Å². The summed E-state index contributed by atoms with van der Waals surface area (Å²) in [4.78, 5) is 2.01. The molecule has 0 unspecified atom stereocenters. The number of phenols is 1. The zero-order chi connectivity index (χ0) is 12.9. The van der Waals surface area contributed by atoms with Crippen molar-refractivity contribution in [1.82, 2.24) is 0 Å². The van der Waals surface area contributed by atoms with Gasteiger partial charge in [0.15, 0.2) is 0 Å². The van der Waals surface area contributed by atoms with E-state index in [-0.39, 0.29) is 17.5 Å². The molecule has 0 aromatic heterocycles. The Morgan fingerprint density at radius 2 is 2.28 bits per heavy atom. The molecule has 2 aromatic carbocycles. The van der Waals surface area contributed by atoms with Gasteiger partial charge < -0.3 is 10.0 Å². The van der Waals surface area contributed by atoms with E-state index in [1.807, 2.05) is 11.9 Å². The molecule has 1 aliphatic heterocycles. The Kier molecular flexibility index (Phi) is 2.59. The Hall–Kier alpha value is -1.48. The van der Waals surface area contributed by atoms with Crippen LogP contribution >= 0.6 is 11.6 Å². The van der Waals surface area contributed by atoms with Gasteiger partial charge in [-0.1, -0.05) is 12.1 Å². The zero-order valence-electron chi connectivity index (χ0n) is 9.95. The molecule has 0 amide bonds. The molecule has 3 rings (SSSR count). The SMILES string of the molecule is CN1C[C@@H](CCl)c2c1cc(O)c1cccc(F)c21. The van der Waals surface area contributed by atoms with E-state index >= 15 is 0 Å². The Morgan fingerprint density at radius 1 is 1.50 bits per heavy atom. The Balaban J connectivity index is 2.44. The topological polar surface area (TPSA) is 23.5 Å². The highest BCUT2D eigenvalue weighted by atomic mass is 35.5. The molecule has 0 saturated carbocycles. The summed E-state index contributed by atoms with van der Waals surface area (Å²) < 4.78 is 14.1. The molecule has 4 heteroatoms. The predicted molar refractivity (Wildman–Crippen MR) is 72.3 cm³/mol. The molecule has 18 heavy (non-hydrogen) atoms. The number of benzene rings is 2. The summed E-state index contributed by atoms with van der Waals surface area (Å²) in [5.41, 5.74) is 1.79. The van der Waals surface area contributed by atoms with Gasteiger partial charge in [-0.25, -0.2) is 4.39 Å². The van der Waals surface area contributed by atoms with Crippen molar-refractivity contribution >= 4 is 28.1 Å². The van der Waals surface area contributed by atoms with Crippen LogP contribution in [0.5, 0.6) is 5.75 Å². The molecule has 0 fully saturated rings. The fraction of sp³-hybridized carbons (Fsp3) is 0.286. The van der Waals surface area contributed by atoms with E-state index in [1.165, 1.54) is 6.07 Å². The summed E-state index contributed by atoms with van der Waals surface area (Å²) in [6.07, 6.45) is 0. The fourth-order valence-electron chi connectivity index (χ4n) is 2.80. The number of rotatable bonds is 1. The lowest BCUT2D eigenvalue weighted by Gasteiger charge is -2.14. The van der Waals surface area contributed by atoms with Gasteiger partial charge in [0.25, 0.3) is 0 Å². The molecule has 0 radical (unpaired) electrons. The standard InChI is InChI=1S/C14H13ClFNO/c1-17-7-8(6-15)13-11(17)5-12(18)9-3-2-4-10(16)14(9)13/h2-5,8,18H,6-7H2,1H3/t8-/m1/s1. The van der Waals surface area contributed by atoms with Crippen LogP contribution in [0.4, 0.5) is 10.1 Å². The first kappa shape index (κ1) is 11.6. The lowest BCUT2D eigenvalue weighted by atomic mass is 9.95. The van der Waals surface area contributed by atoms with E-state index in [2.05, 4.69) is 0 Å². The van der Waals surface area contributed by atoms with Gasteiger partial charge in [0.05, 0.1) is 0 Å².